The summed E-state index contributed by atoms with van der Waals surface area (Å²) in [6.45, 7) is 0.719. The van der Waals surface area contributed by atoms with E-state index in [1.807, 2.05) is 0 Å². The van der Waals surface area contributed by atoms with Gasteiger partial charge in [0.15, 0.2) is 0 Å². The van der Waals surface area contributed by atoms with E-state index >= 15 is 0 Å². The van der Waals surface area contributed by atoms with Gasteiger partial charge in [-0.2, -0.15) is 0 Å². The van der Waals surface area contributed by atoms with Gasteiger partial charge in [-0.25, -0.2) is 4.98 Å². The molecule has 0 aromatic carbocycles. The summed E-state index contributed by atoms with van der Waals surface area (Å²) in [7, 11) is 0. The minimum absolute atomic E-state index is 0.0792. The zero-order valence-corrected chi connectivity index (χ0v) is 15.4. The van der Waals surface area contributed by atoms with Crippen LogP contribution >= 0.6 is 0 Å². The molecule has 3 atom stereocenters. The molecule has 3 aliphatic carbocycles. The van der Waals surface area contributed by atoms with Crippen LogP contribution in [0, 0.1) is 17.3 Å². The zero-order valence-electron chi connectivity index (χ0n) is 15.4. The highest BCUT2D eigenvalue weighted by molar-refractivity contribution is 5.80. The Hall–Kier alpha value is -1.85. The van der Waals surface area contributed by atoms with Crippen molar-refractivity contribution in [1.29, 1.82) is 0 Å². The number of aryl methyl sites for hydroxylation is 1. The van der Waals surface area contributed by atoms with Crippen LogP contribution in [0.15, 0.2) is 12.4 Å². The van der Waals surface area contributed by atoms with E-state index in [1.165, 1.54) is 25.7 Å². The summed E-state index contributed by atoms with van der Waals surface area (Å²) in [5, 5.41) is 6.36. The summed E-state index contributed by atoms with van der Waals surface area (Å²) in [5.41, 5.74) is 0.379. The van der Waals surface area contributed by atoms with E-state index in [0.29, 0.717) is 36.1 Å². The van der Waals surface area contributed by atoms with Crippen molar-refractivity contribution in [3.8, 4) is 0 Å². The second-order valence-electron chi connectivity index (χ2n) is 8.53. The second kappa shape index (κ2) is 7.41. The molecule has 6 heteroatoms. The van der Waals surface area contributed by atoms with Gasteiger partial charge in [-0.05, 0) is 56.3 Å². The van der Waals surface area contributed by atoms with E-state index in [-0.39, 0.29) is 11.8 Å². The number of amides is 2. The summed E-state index contributed by atoms with van der Waals surface area (Å²) in [5.74, 6) is 1.97. The van der Waals surface area contributed by atoms with Crippen LogP contribution < -0.4 is 10.6 Å². The fourth-order valence-corrected chi connectivity index (χ4v) is 5.01. The number of nitrogens with zero attached hydrogens (tertiary/aromatic N) is 1. The largest absolute Gasteiger partial charge is 0.356 e. The molecule has 0 radical (unpaired) electrons. The van der Waals surface area contributed by atoms with Crippen molar-refractivity contribution in [3.63, 3.8) is 0 Å². The Kier molecular flexibility index (Phi) is 5.00. The topological polar surface area (TPSA) is 86.9 Å². The molecule has 1 aromatic rings. The van der Waals surface area contributed by atoms with Crippen molar-refractivity contribution >= 4 is 11.8 Å². The van der Waals surface area contributed by atoms with Crippen LogP contribution in [-0.2, 0) is 16.0 Å². The van der Waals surface area contributed by atoms with Crippen LogP contribution in [0.5, 0.6) is 0 Å². The highest BCUT2D eigenvalue weighted by Crippen LogP contribution is 2.61. The van der Waals surface area contributed by atoms with Crippen LogP contribution in [0.25, 0.3) is 0 Å². The maximum Gasteiger partial charge on any atom is 0.223 e. The molecule has 1 spiro atoms. The number of carbonyl (C=O) groups is 2. The number of imidazole rings is 1. The summed E-state index contributed by atoms with van der Waals surface area (Å²) < 4.78 is 0. The third kappa shape index (κ3) is 3.94. The minimum atomic E-state index is 0.0792. The van der Waals surface area contributed by atoms with Crippen LogP contribution in [-0.4, -0.2) is 34.4 Å². The molecule has 4 rings (SSSR count). The molecule has 26 heavy (non-hydrogen) atoms. The standard InChI is InChI=1S/C20H30N4O2/c25-18(6-5-17-21-10-11-22-17)23-13-14-3-4-15(12-14)24-19(26)16-2-1-7-20(16)8-9-20/h10-11,14-16H,1-9,12-13H2,(H,21,22)(H,23,25)(H,24,26). The number of H-pyrrole nitrogens is 1. The molecule has 6 nitrogen and oxygen atoms in total. The molecular formula is C20H30N4O2. The van der Waals surface area contributed by atoms with Crippen molar-refractivity contribution in [2.45, 2.75) is 70.3 Å². The van der Waals surface area contributed by atoms with E-state index in [9.17, 15) is 9.59 Å². The number of aromatic amines is 1. The first-order valence-electron chi connectivity index (χ1n) is 10.2. The van der Waals surface area contributed by atoms with E-state index in [0.717, 1.165) is 38.1 Å². The normalized spacial score (nSPS) is 29.0. The highest BCUT2D eigenvalue weighted by atomic mass is 16.2. The summed E-state index contributed by atoms with van der Waals surface area (Å²) in [6, 6.07) is 0.295. The number of rotatable bonds is 7. The Bertz CT molecular complexity index is 638. The zero-order chi connectivity index (χ0) is 18.0. The van der Waals surface area contributed by atoms with Crippen molar-refractivity contribution in [3.05, 3.63) is 18.2 Å². The molecule has 3 saturated carbocycles. The van der Waals surface area contributed by atoms with Crippen molar-refractivity contribution in [2.24, 2.45) is 17.3 Å². The van der Waals surface area contributed by atoms with E-state index in [2.05, 4.69) is 20.6 Å². The van der Waals surface area contributed by atoms with Gasteiger partial charge in [0, 0.05) is 43.7 Å². The number of aromatic nitrogens is 2. The molecule has 0 aliphatic heterocycles. The molecule has 0 saturated heterocycles. The Morgan fingerprint density at radius 3 is 2.88 bits per heavy atom. The highest BCUT2D eigenvalue weighted by Gasteiger charge is 2.54. The van der Waals surface area contributed by atoms with Gasteiger partial charge in [0.1, 0.15) is 5.82 Å². The maximum absolute atomic E-state index is 12.6. The third-order valence-corrected chi connectivity index (χ3v) is 6.73. The van der Waals surface area contributed by atoms with E-state index < -0.39 is 0 Å². The van der Waals surface area contributed by atoms with Gasteiger partial charge in [-0.1, -0.05) is 6.42 Å². The average molecular weight is 358 g/mol. The first-order chi connectivity index (χ1) is 12.6. The fraction of sp³-hybridized carbons (Fsp3) is 0.750. The molecule has 1 aromatic heterocycles. The lowest BCUT2D eigenvalue weighted by molar-refractivity contribution is -0.127. The maximum atomic E-state index is 12.6. The van der Waals surface area contributed by atoms with Gasteiger partial charge in [-0.15, -0.1) is 0 Å². The Morgan fingerprint density at radius 1 is 1.23 bits per heavy atom. The van der Waals surface area contributed by atoms with E-state index in [4.69, 9.17) is 0 Å². The predicted octanol–water partition coefficient (Wildman–Crippen LogP) is 2.32. The first-order valence-corrected chi connectivity index (χ1v) is 10.2. The molecule has 3 N–H and O–H groups in total. The van der Waals surface area contributed by atoms with Gasteiger partial charge in [0.2, 0.25) is 11.8 Å². The molecule has 3 aliphatic rings. The van der Waals surface area contributed by atoms with Crippen LogP contribution in [0.4, 0.5) is 0 Å². The minimum Gasteiger partial charge on any atom is -0.356 e. The van der Waals surface area contributed by atoms with Gasteiger partial charge < -0.3 is 15.6 Å². The first kappa shape index (κ1) is 17.6. The monoisotopic (exact) mass is 358 g/mol. The SMILES string of the molecule is O=C(CCc1ncc[nH]1)NCC1CCC(NC(=O)C2CCCC23CC3)C1. The van der Waals surface area contributed by atoms with Crippen molar-refractivity contribution in [1.82, 2.24) is 20.6 Å². The summed E-state index contributed by atoms with van der Waals surface area (Å²) >= 11 is 0. The average Bonchev–Trinajstić information content (AvgIpc) is 3.03. The second-order valence-corrected chi connectivity index (χ2v) is 8.53. The molecular weight excluding hydrogens is 328 g/mol. The molecule has 1 heterocycles. The molecule has 0 bridgehead atoms. The molecule has 2 amide bonds. The lowest BCUT2D eigenvalue weighted by Crippen LogP contribution is -2.39. The van der Waals surface area contributed by atoms with Crippen LogP contribution in [0.1, 0.15) is 63.6 Å². The van der Waals surface area contributed by atoms with Crippen LogP contribution in [0.2, 0.25) is 0 Å². The number of nitrogens with one attached hydrogen (secondary N) is 3. The summed E-state index contributed by atoms with van der Waals surface area (Å²) in [6.07, 6.45) is 13.8. The lowest BCUT2D eigenvalue weighted by Gasteiger charge is -2.21. The van der Waals surface area contributed by atoms with Gasteiger partial charge in [-0.3, -0.25) is 9.59 Å². The Morgan fingerprint density at radius 2 is 2.12 bits per heavy atom. The molecule has 3 fully saturated rings. The lowest BCUT2D eigenvalue weighted by atomic mass is 9.92. The fourth-order valence-electron chi connectivity index (χ4n) is 5.01. The summed E-state index contributed by atoms with van der Waals surface area (Å²) in [4.78, 5) is 31.8. The molecule has 3 unspecified atom stereocenters. The number of hydrogen-bond acceptors (Lipinski definition) is 3. The van der Waals surface area contributed by atoms with Gasteiger partial charge in [0.05, 0.1) is 0 Å². The van der Waals surface area contributed by atoms with Gasteiger partial charge >= 0.3 is 0 Å². The quantitative estimate of drug-likeness (QED) is 0.699. The Balaban J connectivity index is 1.15. The van der Waals surface area contributed by atoms with Gasteiger partial charge in [0.25, 0.3) is 0 Å². The smallest absolute Gasteiger partial charge is 0.223 e. The van der Waals surface area contributed by atoms with E-state index in [1.54, 1.807) is 12.4 Å². The van der Waals surface area contributed by atoms with Crippen molar-refractivity contribution in [2.75, 3.05) is 6.54 Å². The number of carbonyl (C=O) groups excluding carboxylic acids is 2. The van der Waals surface area contributed by atoms with Crippen LogP contribution in [0.3, 0.4) is 0 Å². The van der Waals surface area contributed by atoms with Crippen molar-refractivity contribution < 1.29 is 9.59 Å². The molecule has 142 valence electrons. The Labute approximate surface area is 154 Å². The third-order valence-electron chi connectivity index (χ3n) is 6.73. The predicted molar refractivity (Wildman–Crippen MR) is 98.2 cm³/mol. The number of hydrogen-bond donors (Lipinski definition) is 3.